The highest BCUT2D eigenvalue weighted by molar-refractivity contribution is 7.12. The maximum Gasteiger partial charge on any atom is 0.263 e. The van der Waals surface area contributed by atoms with Crippen molar-refractivity contribution in [2.75, 3.05) is 18.4 Å². The molecule has 0 aromatic carbocycles. The number of hydrogen-bond acceptors (Lipinski definition) is 5. The first kappa shape index (κ1) is 19.3. The summed E-state index contributed by atoms with van der Waals surface area (Å²) in [6.45, 7) is 1.95. The molecule has 0 aliphatic carbocycles. The lowest BCUT2D eigenvalue weighted by atomic mass is 9.96. The van der Waals surface area contributed by atoms with E-state index in [1.807, 2.05) is 51.5 Å². The summed E-state index contributed by atoms with van der Waals surface area (Å²) >= 11 is 1.45. The fourth-order valence-corrected chi connectivity index (χ4v) is 4.17. The number of likely N-dealkylation sites (tertiary alicyclic amines) is 1. The predicted octanol–water partition coefficient (Wildman–Crippen LogP) is 3.07. The maximum atomic E-state index is 12.6. The van der Waals surface area contributed by atoms with Crippen molar-refractivity contribution in [2.45, 2.75) is 25.8 Å². The number of amides is 2. The van der Waals surface area contributed by atoms with Crippen LogP contribution in [0.3, 0.4) is 0 Å². The average Bonchev–Trinajstić information content (AvgIpc) is 3.45. The molecule has 7 nitrogen and oxygen atoms in total. The Morgan fingerprint density at radius 3 is 2.66 bits per heavy atom. The minimum absolute atomic E-state index is 0.0207. The van der Waals surface area contributed by atoms with E-state index in [-0.39, 0.29) is 17.7 Å². The van der Waals surface area contributed by atoms with Gasteiger partial charge in [-0.1, -0.05) is 6.07 Å². The molecule has 4 rings (SSSR count). The molecule has 0 radical (unpaired) electrons. The molecule has 150 valence electrons. The number of carbonyl (C=O) groups excluding carboxylic acids is 2. The molecule has 3 aromatic rings. The van der Waals surface area contributed by atoms with Crippen LogP contribution in [-0.2, 0) is 17.8 Å². The summed E-state index contributed by atoms with van der Waals surface area (Å²) in [6.07, 6.45) is 7.64. The number of anilines is 1. The Morgan fingerprint density at radius 2 is 1.93 bits per heavy atom. The van der Waals surface area contributed by atoms with E-state index in [9.17, 15) is 9.59 Å². The van der Waals surface area contributed by atoms with Gasteiger partial charge in [0.15, 0.2) is 5.82 Å². The van der Waals surface area contributed by atoms with Crippen molar-refractivity contribution in [1.82, 2.24) is 19.7 Å². The largest absolute Gasteiger partial charge is 0.338 e. The highest BCUT2D eigenvalue weighted by atomic mass is 32.1. The molecular weight excluding hydrogens is 386 g/mol. The molecule has 1 N–H and O–H groups in total. The summed E-state index contributed by atoms with van der Waals surface area (Å²) in [7, 11) is 0. The minimum Gasteiger partial charge on any atom is -0.338 e. The summed E-state index contributed by atoms with van der Waals surface area (Å²) in [4.78, 5) is 31.6. The van der Waals surface area contributed by atoms with Crippen molar-refractivity contribution in [1.29, 1.82) is 0 Å². The Kier molecular flexibility index (Phi) is 6.00. The second kappa shape index (κ2) is 9.00. The fraction of sp³-hybridized carbons (Fsp3) is 0.333. The molecule has 3 aromatic heterocycles. The van der Waals surface area contributed by atoms with Gasteiger partial charge in [0, 0.05) is 50.2 Å². The van der Waals surface area contributed by atoms with Crippen LogP contribution in [0.2, 0.25) is 0 Å². The number of nitrogens with one attached hydrogen (secondary N) is 1. The highest BCUT2D eigenvalue weighted by Gasteiger charge is 2.28. The first-order valence-corrected chi connectivity index (χ1v) is 10.6. The fourth-order valence-electron chi connectivity index (χ4n) is 3.48. The molecule has 29 heavy (non-hydrogen) atoms. The van der Waals surface area contributed by atoms with Gasteiger partial charge < -0.3 is 10.2 Å². The van der Waals surface area contributed by atoms with E-state index >= 15 is 0 Å². The zero-order valence-corrected chi connectivity index (χ0v) is 16.8. The quantitative estimate of drug-likeness (QED) is 0.679. The average molecular weight is 410 g/mol. The van der Waals surface area contributed by atoms with Gasteiger partial charge in [0.2, 0.25) is 5.91 Å². The van der Waals surface area contributed by atoms with Gasteiger partial charge >= 0.3 is 0 Å². The molecule has 0 spiro atoms. The molecule has 2 amide bonds. The summed E-state index contributed by atoms with van der Waals surface area (Å²) in [5.41, 5.74) is 1.20. The molecule has 1 aliphatic heterocycles. The molecule has 1 fully saturated rings. The van der Waals surface area contributed by atoms with E-state index in [1.54, 1.807) is 12.4 Å². The molecule has 4 heterocycles. The van der Waals surface area contributed by atoms with Crippen LogP contribution in [0, 0.1) is 5.92 Å². The Bertz CT molecular complexity index is 947. The smallest absolute Gasteiger partial charge is 0.263 e. The molecule has 1 aliphatic rings. The Hall–Kier alpha value is -3.00. The lowest BCUT2D eigenvalue weighted by Gasteiger charge is -2.30. The van der Waals surface area contributed by atoms with Gasteiger partial charge in [0.1, 0.15) is 0 Å². The van der Waals surface area contributed by atoms with Crippen LogP contribution in [0.4, 0.5) is 5.82 Å². The molecule has 0 unspecified atom stereocenters. The third-order valence-electron chi connectivity index (χ3n) is 5.16. The predicted molar refractivity (Wildman–Crippen MR) is 112 cm³/mol. The summed E-state index contributed by atoms with van der Waals surface area (Å²) in [5.74, 6) is 0.519. The lowest BCUT2D eigenvalue weighted by molar-refractivity contribution is -0.121. The van der Waals surface area contributed by atoms with Gasteiger partial charge in [0.05, 0.1) is 4.88 Å². The van der Waals surface area contributed by atoms with E-state index < -0.39 is 0 Å². The number of rotatable bonds is 6. The normalized spacial score (nSPS) is 14.7. The van der Waals surface area contributed by atoms with Crippen molar-refractivity contribution in [3.05, 3.63) is 64.7 Å². The highest BCUT2D eigenvalue weighted by Crippen LogP contribution is 2.22. The Balaban J connectivity index is 1.25. The zero-order chi connectivity index (χ0) is 20.1. The third-order valence-corrected chi connectivity index (χ3v) is 6.01. The molecule has 0 bridgehead atoms. The topological polar surface area (TPSA) is 80.1 Å². The summed E-state index contributed by atoms with van der Waals surface area (Å²) in [5, 5.41) is 9.27. The lowest BCUT2D eigenvalue weighted by Crippen LogP contribution is -2.41. The molecular formula is C21H23N5O2S. The number of piperidine rings is 1. The molecule has 0 atom stereocenters. The maximum absolute atomic E-state index is 12.6. The SMILES string of the molecule is O=C(Nc1ccn(CCc2ccncc2)n1)C1CCN(C(=O)c2cccs2)CC1. The second-order valence-corrected chi connectivity index (χ2v) is 8.05. The van der Waals surface area contributed by atoms with Gasteiger partial charge in [-0.25, -0.2) is 0 Å². The van der Waals surface area contributed by atoms with Crippen molar-refractivity contribution >= 4 is 29.0 Å². The van der Waals surface area contributed by atoms with Crippen LogP contribution >= 0.6 is 11.3 Å². The summed E-state index contributed by atoms with van der Waals surface area (Å²) < 4.78 is 1.83. The van der Waals surface area contributed by atoms with Gasteiger partial charge in [-0.15, -0.1) is 11.3 Å². The van der Waals surface area contributed by atoms with E-state index in [0.29, 0.717) is 31.7 Å². The number of pyridine rings is 1. The molecule has 0 saturated carbocycles. The van der Waals surface area contributed by atoms with Crippen LogP contribution in [0.15, 0.2) is 54.3 Å². The van der Waals surface area contributed by atoms with Crippen LogP contribution in [0.25, 0.3) is 0 Å². The van der Waals surface area contributed by atoms with Gasteiger partial charge in [0.25, 0.3) is 5.91 Å². The van der Waals surface area contributed by atoms with E-state index in [4.69, 9.17) is 0 Å². The van der Waals surface area contributed by atoms with Crippen LogP contribution in [-0.4, -0.2) is 44.6 Å². The summed E-state index contributed by atoms with van der Waals surface area (Å²) in [6, 6.07) is 9.52. The number of aromatic nitrogens is 3. The third kappa shape index (κ3) is 4.89. The van der Waals surface area contributed by atoms with Gasteiger partial charge in [-0.2, -0.15) is 5.10 Å². The zero-order valence-electron chi connectivity index (χ0n) is 16.0. The van der Waals surface area contributed by atoms with Crippen LogP contribution < -0.4 is 5.32 Å². The van der Waals surface area contributed by atoms with Crippen LogP contribution in [0.5, 0.6) is 0 Å². The van der Waals surface area contributed by atoms with Crippen molar-refractivity contribution < 1.29 is 9.59 Å². The van der Waals surface area contributed by atoms with E-state index in [2.05, 4.69) is 15.4 Å². The standard InChI is InChI=1S/C21H23N5O2S/c27-20(17-6-11-25(12-7-17)21(28)18-2-1-15-29-18)23-19-8-14-26(24-19)13-5-16-3-9-22-10-4-16/h1-4,8-10,14-15,17H,5-7,11-13H2,(H,23,24,27). The van der Waals surface area contributed by atoms with Crippen molar-refractivity contribution in [2.24, 2.45) is 5.92 Å². The number of carbonyl (C=O) groups is 2. The first-order chi connectivity index (χ1) is 14.2. The Labute approximate surface area is 173 Å². The molecule has 8 heteroatoms. The number of hydrogen-bond donors (Lipinski definition) is 1. The molecule has 1 saturated heterocycles. The minimum atomic E-state index is -0.0932. The van der Waals surface area contributed by atoms with E-state index in [1.165, 1.54) is 16.9 Å². The van der Waals surface area contributed by atoms with Gasteiger partial charge in [-0.3, -0.25) is 19.3 Å². The van der Waals surface area contributed by atoms with Gasteiger partial charge in [-0.05, 0) is 48.4 Å². The van der Waals surface area contributed by atoms with Crippen molar-refractivity contribution in [3.63, 3.8) is 0 Å². The van der Waals surface area contributed by atoms with Crippen LogP contribution in [0.1, 0.15) is 28.1 Å². The second-order valence-electron chi connectivity index (χ2n) is 7.10. The first-order valence-electron chi connectivity index (χ1n) is 9.75. The monoisotopic (exact) mass is 409 g/mol. The Morgan fingerprint density at radius 1 is 1.14 bits per heavy atom. The number of thiophene rings is 1. The van der Waals surface area contributed by atoms with Crippen molar-refractivity contribution in [3.8, 4) is 0 Å². The van der Waals surface area contributed by atoms with E-state index in [0.717, 1.165) is 17.8 Å². The number of aryl methyl sites for hydroxylation is 2. The number of nitrogens with zero attached hydrogens (tertiary/aromatic N) is 4.